The van der Waals surface area contributed by atoms with E-state index in [0.717, 1.165) is 11.3 Å². The number of anilines is 1. The van der Waals surface area contributed by atoms with Gasteiger partial charge in [0.2, 0.25) is 0 Å². The van der Waals surface area contributed by atoms with Gasteiger partial charge in [-0.25, -0.2) is 0 Å². The second-order valence-electron chi connectivity index (χ2n) is 4.14. The van der Waals surface area contributed by atoms with Crippen LogP contribution in [0.25, 0.3) is 6.08 Å². The fourth-order valence-corrected chi connectivity index (χ4v) is 1.67. The number of benzene rings is 1. The Kier molecular flexibility index (Phi) is 2.11. The van der Waals surface area contributed by atoms with Gasteiger partial charge in [0.25, 0.3) is 0 Å². The molecule has 0 atom stereocenters. The first-order chi connectivity index (χ1) is 7.03. The summed E-state index contributed by atoms with van der Waals surface area (Å²) in [5, 5.41) is 0. The lowest BCUT2D eigenvalue weighted by atomic mass is 10.0. The van der Waals surface area contributed by atoms with Crippen molar-refractivity contribution in [3.05, 3.63) is 23.8 Å². The summed E-state index contributed by atoms with van der Waals surface area (Å²) in [6, 6.07) is 3.67. The van der Waals surface area contributed by atoms with Crippen LogP contribution in [-0.4, -0.2) is 12.7 Å². The maximum Gasteiger partial charge on any atom is 0.152 e. The summed E-state index contributed by atoms with van der Waals surface area (Å²) in [7, 11) is 1.61. The normalized spacial score (nSPS) is 16.7. The third-order valence-corrected chi connectivity index (χ3v) is 2.42. The molecule has 2 N–H and O–H groups in total. The van der Waals surface area contributed by atoms with Gasteiger partial charge in [-0.05, 0) is 38.1 Å². The smallest absolute Gasteiger partial charge is 0.152 e. The Morgan fingerprint density at radius 2 is 2.07 bits per heavy atom. The Morgan fingerprint density at radius 3 is 2.73 bits per heavy atom. The Hall–Kier alpha value is -1.64. The second-order valence-corrected chi connectivity index (χ2v) is 4.14. The lowest BCUT2D eigenvalue weighted by Crippen LogP contribution is -2.27. The van der Waals surface area contributed by atoms with Gasteiger partial charge >= 0.3 is 0 Å². The molecule has 80 valence electrons. The summed E-state index contributed by atoms with van der Waals surface area (Å²) in [5.74, 6) is 1.49. The molecule has 1 heterocycles. The Balaban J connectivity index is 2.56. The number of methoxy groups -OCH3 is 1. The maximum absolute atomic E-state index is 5.81. The average Bonchev–Trinajstić information content (AvgIpc) is 2.17. The van der Waals surface area contributed by atoms with Crippen molar-refractivity contribution in [2.45, 2.75) is 19.4 Å². The Bertz CT molecular complexity index is 422. The minimum atomic E-state index is -0.270. The van der Waals surface area contributed by atoms with Gasteiger partial charge < -0.3 is 15.2 Å². The summed E-state index contributed by atoms with van der Waals surface area (Å²) in [6.45, 7) is 4.02. The molecule has 1 aromatic rings. The van der Waals surface area contributed by atoms with E-state index in [9.17, 15) is 0 Å². The molecule has 0 saturated heterocycles. The van der Waals surface area contributed by atoms with Crippen molar-refractivity contribution < 1.29 is 9.47 Å². The highest BCUT2D eigenvalue weighted by molar-refractivity contribution is 5.74. The van der Waals surface area contributed by atoms with Crippen LogP contribution in [0.1, 0.15) is 19.4 Å². The molecule has 0 radical (unpaired) electrons. The predicted octanol–water partition coefficient (Wildman–Crippen LogP) is 2.46. The molecule has 0 saturated carbocycles. The molecule has 3 heteroatoms. The molecule has 15 heavy (non-hydrogen) atoms. The van der Waals surface area contributed by atoms with E-state index >= 15 is 0 Å². The minimum absolute atomic E-state index is 0.270. The van der Waals surface area contributed by atoms with E-state index in [1.54, 1.807) is 13.2 Å². The lowest BCUT2D eigenvalue weighted by Gasteiger charge is -2.28. The zero-order valence-corrected chi connectivity index (χ0v) is 9.20. The number of hydrogen-bond donors (Lipinski definition) is 1. The van der Waals surface area contributed by atoms with Crippen LogP contribution in [0.5, 0.6) is 11.5 Å². The summed E-state index contributed by atoms with van der Waals surface area (Å²) in [4.78, 5) is 0. The van der Waals surface area contributed by atoms with Gasteiger partial charge in [-0.15, -0.1) is 0 Å². The number of nitrogen functional groups attached to an aromatic ring is 1. The number of nitrogens with two attached hydrogens (primary N) is 1. The number of rotatable bonds is 1. The van der Waals surface area contributed by atoms with Crippen molar-refractivity contribution in [2.24, 2.45) is 0 Å². The van der Waals surface area contributed by atoms with E-state index in [1.807, 2.05) is 32.1 Å². The summed E-state index contributed by atoms with van der Waals surface area (Å²) >= 11 is 0. The zero-order valence-electron chi connectivity index (χ0n) is 9.20. The van der Waals surface area contributed by atoms with Crippen molar-refractivity contribution in [3.63, 3.8) is 0 Å². The number of hydrogen-bond acceptors (Lipinski definition) is 3. The monoisotopic (exact) mass is 205 g/mol. The first-order valence-electron chi connectivity index (χ1n) is 4.88. The first-order valence-corrected chi connectivity index (χ1v) is 4.88. The fraction of sp³-hybridized carbons (Fsp3) is 0.333. The molecule has 0 aliphatic carbocycles. The van der Waals surface area contributed by atoms with E-state index in [-0.39, 0.29) is 5.60 Å². The van der Waals surface area contributed by atoms with Crippen molar-refractivity contribution in [3.8, 4) is 11.5 Å². The Labute approximate surface area is 89.5 Å². The maximum atomic E-state index is 5.81. The van der Waals surface area contributed by atoms with Gasteiger partial charge in [-0.1, -0.05) is 0 Å². The molecule has 0 amide bonds. The molecular weight excluding hydrogens is 190 g/mol. The fourth-order valence-electron chi connectivity index (χ4n) is 1.67. The third kappa shape index (κ3) is 1.65. The Morgan fingerprint density at radius 1 is 1.33 bits per heavy atom. The lowest BCUT2D eigenvalue weighted by molar-refractivity contribution is 0.158. The van der Waals surface area contributed by atoms with Crippen molar-refractivity contribution in [1.82, 2.24) is 0 Å². The first kappa shape index (κ1) is 9.90. The van der Waals surface area contributed by atoms with Gasteiger partial charge in [0.1, 0.15) is 11.4 Å². The molecule has 0 fully saturated rings. The predicted molar refractivity (Wildman–Crippen MR) is 61.1 cm³/mol. The molecule has 0 spiro atoms. The number of ether oxygens (including phenoxy) is 2. The largest absolute Gasteiger partial charge is 0.494 e. The molecule has 0 bridgehead atoms. The van der Waals surface area contributed by atoms with Crippen molar-refractivity contribution >= 4 is 11.8 Å². The summed E-state index contributed by atoms with van der Waals surface area (Å²) < 4.78 is 11.0. The molecule has 2 rings (SSSR count). The topological polar surface area (TPSA) is 44.5 Å². The van der Waals surface area contributed by atoms with Gasteiger partial charge in [0.15, 0.2) is 5.75 Å². The highest BCUT2D eigenvalue weighted by Gasteiger charge is 2.24. The van der Waals surface area contributed by atoms with Crippen LogP contribution < -0.4 is 15.2 Å². The van der Waals surface area contributed by atoms with E-state index in [0.29, 0.717) is 11.4 Å². The van der Waals surface area contributed by atoms with Crippen LogP contribution in [0, 0.1) is 0 Å². The molecule has 1 aliphatic heterocycles. The average molecular weight is 205 g/mol. The van der Waals surface area contributed by atoms with Crippen LogP contribution in [0.4, 0.5) is 5.69 Å². The van der Waals surface area contributed by atoms with E-state index in [1.165, 1.54) is 0 Å². The van der Waals surface area contributed by atoms with Gasteiger partial charge in [0, 0.05) is 0 Å². The molecule has 0 unspecified atom stereocenters. The SMILES string of the molecule is COc1c(N)ccc2c1C=CC(C)(C)O2. The molecule has 1 aromatic carbocycles. The standard InChI is InChI=1S/C12H15NO2/c1-12(2)7-6-8-10(15-12)5-4-9(13)11(8)14-3/h4-7H,13H2,1-3H3. The van der Waals surface area contributed by atoms with Gasteiger partial charge in [0.05, 0.1) is 18.4 Å². The highest BCUT2D eigenvalue weighted by atomic mass is 16.5. The quantitative estimate of drug-likeness (QED) is 0.716. The van der Waals surface area contributed by atoms with E-state index < -0.39 is 0 Å². The molecule has 3 nitrogen and oxygen atoms in total. The van der Waals surface area contributed by atoms with E-state index in [2.05, 4.69) is 0 Å². The van der Waals surface area contributed by atoms with Crippen molar-refractivity contribution in [1.29, 1.82) is 0 Å². The molecular formula is C12H15NO2. The van der Waals surface area contributed by atoms with Crippen LogP contribution in [0.2, 0.25) is 0 Å². The van der Waals surface area contributed by atoms with Gasteiger partial charge in [-0.3, -0.25) is 0 Å². The minimum Gasteiger partial charge on any atom is -0.494 e. The zero-order chi connectivity index (χ0) is 11.1. The second kappa shape index (κ2) is 3.19. The third-order valence-electron chi connectivity index (χ3n) is 2.42. The van der Waals surface area contributed by atoms with Crippen LogP contribution >= 0.6 is 0 Å². The van der Waals surface area contributed by atoms with Crippen LogP contribution in [0.15, 0.2) is 18.2 Å². The summed E-state index contributed by atoms with van der Waals surface area (Å²) in [5.41, 5.74) is 7.08. The summed E-state index contributed by atoms with van der Waals surface area (Å²) in [6.07, 6.45) is 3.99. The van der Waals surface area contributed by atoms with Crippen molar-refractivity contribution in [2.75, 3.05) is 12.8 Å². The van der Waals surface area contributed by atoms with Crippen LogP contribution in [0.3, 0.4) is 0 Å². The molecule has 1 aliphatic rings. The van der Waals surface area contributed by atoms with Crippen LogP contribution in [-0.2, 0) is 0 Å². The highest BCUT2D eigenvalue weighted by Crippen LogP contribution is 2.39. The van der Waals surface area contributed by atoms with E-state index in [4.69, 9.17) is 15.2 Å². The van der Waals surface area contributed by atoms with Gasteiger partial charge in [-0.2, -0.15) is 0 Å². The molecule has 0 aromatic heterocycles. The number of fused-ring (bicyclic) bond motifs is 1.